The predicted molar refractivity (Wildman–Crippen MR) is 115 cm³/mol. The number of carboxylic acid groups (broad SMARTS) is 2. The molecule has 1 amide bonds. The van der Waals surface area contributed by atoms with Crippen LogP contribution in [0.3, 0.4) is 0 Å². The summed E-state index contributed by atoms with van der Waals surface area (Å²) in [6.07, 6.45) is -0.537. The Hall–Kier alpha value is -2.65. The molecule has 0 aliphatic carbocycles. The van der Waals surface area contributed by atoms with Gasteiger partial charge in [-0.3, -0.25) is 9.69 Å². The molecule has 2 rings (SSSR count). The Labute approximate surface area is 183 Å². The molecule has 9 nitrogen and oxygen atoms in total. The van der Waals surface area contributed by atoms with Crippen molar-refractivity contribution >= 4 is 17.8 Å². The summed E-state index contributed by atoms with van der Waals surface area (Å²) in [6, 6.07) is 6.24. The number of aryl methyl sites for hydroxylation is 1. The van der Waals surface area contributed by atoms with Crippen LogP contribution in [0.2, 0.25) is 0 Å². The zero-order chi connectivity index (χ0) is 23.8. The molecule has 1 unspecified atom stereocenters. The van der Waals surface area contributed by atoms with Crippen molar-refractivity contribution < 1.29 is 34.4 Å². The summed E-state index contributed by atoms with van der Waals surface area (Å²) in [5, 5.41) is 25.0. The van der Waals surface area contributed by atoms with Crippen LogP contribution in [0, 0.1) is 6.92 Å². The molecule has 1 aromatic rings. The predicted octanol–water partition coefficient (Wildman–Crippen LogP) is 1.35. The van der Waals surface area contributed by atoms with E-state index in [-0.39, 0.29) is 17.9 Å². The number of benzene rings is 1. The fourth-order valence-corrected chi connectivity index (χ4v) is 3.06. The molecule has 1 aliphatic rings. The molecule has 0 saturated carbocycles. The number of aliphatic hydroxyl groups excluding tert-OH is 1. The molecule has 1 fully saturated rings. The molecule has 3 N–H and O–H groups in total. The fraction of sp³-hybridized carbons (Fsp3) is 0.591. The number of carboxylic acids is 2. The van der Waals surface area contributed by atoms with Gasteiger partial charge in [0.2, 0.25) is 5.91 Å². The highest BCUT2D eigenvalue weighted by Crippen LogP contribution is 2.27. The number of hydrogen-bond donors (Lipinski definition) is 3. The molecular weight excluding hydrogens is 404 g/mol. The van der Waals surface area contributed by atoms with Crippen LogP contribution in [0.1, 0.15) is 38.8 Å². The number of aliphatic carboxylic acids is 2. The van der Waals surface area contributed by atoms with Gasteiger partial charge in [0.15, 0.2) is 0 Å². The summed E-state index contributed by atoms with van der Waals surface area (Å²) in [5.41, 5.74) is 2.49. The molecule has 0 aromatic heterocycles. The van der Waals surface area contributed by atoms with E-state index in [0.29, 0.717) is 6.54 Å². The standard InChI is InChI=1S/C20H32N2O3.C2H2O4/c1-15-12-17(20(3,4)5)6-7-19(15)25-14-18(24)13-21-8-10-22(11-9-21)16(2)23;3-1(4)2(5)6/h6-7,12,18,24H,8-11,13-14H2,1-5H3;(H,3,4)(H,5,6). The second-order valence-electron chi connectivity index (χ2n) is 8.61. The Kier molecular flexibility index (Phi) is 9.93. The lowest BCUT2D eigenvalue weighted by atomic mass is 9.86. The SMILES string of the molecule is CC(=O)N1CCN(CC(O)COc2ccc(C(C)(C)C)cc2C)CC1.O=C(O)C(=O)O. The van der Waals surface area contributed by atoms with Gasteiger partial charge < -0.3 is 25.0 Å². The topological polar surface area (TPSA) is 128 Å². The molecule has 0 radical (unpaired) electrons. The van der Waals surface area contributed by atoms with Gasteiger partial charge in [0.1, 0.15) is 18.5 Å². The van der Waals surface area contributed by atoms with Gasteiger partial charge in [-0.1, -0.05) is 32.9 Å². The number of carbonyl (C=O) groups excluding carboxylic acids is 1. The summed E-state index contributed by atoms with van der Waals surface area (Å²) < 4.78 is 5.83. The van der Waals surface area contributed by atoms with Crippen molar-refractivity contribution in [2.24, 2.45) is 0 Å². The molecule has 174 valence electrons. The maximum Gasteiger partial charge on any atom is 0.414 e. The van der Waals surface area contributed by atoms with E-state index in [1.54, 1.807) is 6.92 Å². The Morgan fingerprint density at radius 1 is 1.06 bits per heavy atom. The van der Waals surface area contributed by atoms with Crippen molar-refractivity contribution in [3.8, 4) is 5.75 Å². The van der Waals surface area contributed by atoms with Gasteiger partial charge in [-0.25, -0.2) is 9.59 Å². The summed E-state index contributed by atoms with van der Waals surface area (Å²) in [4.78, 5) is 33.6. The number of rotatable bonds is 5. The molecule has 0 spiro atoms. The van der Waals surface area contributed by atoms with E-state index in [4.69, 9.17) is 24.5 Å². The van der Waals surface area contributed by atoms with Crippen molar-refractivity contribution in [2.75, 3.05) is 39.3 Å². The first-order valence-electron chi connectivity index (χ1n) is 10.2. The maximum absolute atomic E-state index is 11.3. The average molecular weight is 439 g/mol. The number of piperazine rings is 1. The van der Waals surface area contributed by atoms with E-state index in [0.717, 1.165) is 37.5 Å². The van der Waals surface area contributed by atoms with Crippen LogP contribution >= 0.6 is 0 Å². The number of carbonyl (C=O) groups is 3. The number of aliphatic hydroxyl groups is 1. The summed E-state index contributed by atoms with van der Waals surface area (Å²) in [7, 11) is 0. The van der Waals surface area contributed by atoms with Gasteiger partial charge in [0.25, 0.3) is 0 Å². The lowest BCUT2D eigenvalue weighted by molar-refractivity contribution is -0.159. The highest BCUT2D eigenvalue weighted by Gasteiger charge is 2.21. The molecule has 9 heteroatoms. The zero-order valence-corrected chi connectivity index (χ0v) is 18.9. The number of amides is 1. The normalized spacial score (nSPS) is 15.5. The van der Waals surface area contributed by atoms with Crippen LogP contribution in [0.5, 0.6) is 5.75 Å². The zero-order valence-electron chi connectivity index (χ0n) is 18.9. The number of ether oxygens (including phenoxy) is 1. The van der Waals surface area contributed by atoms with Crippen molar-refractivity contribution in [1.82, 2.24) is 9.80 Å². The van der Waals surface area contributed by atoms with E-state index in [2.05, 4.69) is 37.8 Å². The first-order chi connectivity index (χ1) is 14.3. The molecule has 1 atom stereocenters. The minimum absolute atomic E-state index is 0.116. The lowest BCUT2D eigenvalue weighted by Gasteiger charge is -2.35. The third kappa shape index (κ3) is 9.35. The Morgan fingerprint density at radius 3 is 2.03 bits per heavy atom. The molecule has 31 heavy (non-hydrogen) atoms. The highest BCUT2D eigenvalue weighted by atomic mass is 16.5. The van der Waals surface area contributed by atoms with Crippen LogP contribution in [0.15, 0.2) is 18.2 Å². The summed E-state index contributed by atoms with van der Waals surface area (Å²) >= 11 is 0. The second-order valence-corrected chi connectivity index (χ2v) is 8.61. The van der Waals surface area contributed by atoms with E-state index in [1.807, 2.05) is 17.9 Å². The maximum atomic E-state index is 11.3. The summed E-state index contributed by atoms with van der Waals surface area (Å²) in [6.45, 7) is 14.1. The van der Waals surface area contributed by atoms with Crippen LogP contribution in [0.4, 0.5) is 0 Å². The second kappa shape index (κ2) is 11.7. The third-order valence-corrected chi connectivity index (χ3v) is 4.94. The number of hydrogen-bond acceptors (Lipinski definition) is 6. The molecule has 1 saturated heterocycles. The van der Waals surface area contributed by atoms with Crippen molar-refractivity contribution in [3.63, 3.8) is 0 Å². The van der Waals surface area contributed by atoms with Crippen LogP contribution in [0.25, 0.3) is 0 Å². The first kappa shape index (κ1) is 26.4. The third-order valence-electron chi connectivity index (χ3n) is 4.94. The van der Waals surface area contributed by atoms with Crippen LogP contribution in [-0.2, 0) is 19.8 Å². The molecule has 0 bridgehead atoms. The van der Waals surface area contributed by atoms with Crippen molar-refractivity contribution in [2.45, 2.75) is 46.1 Å². The fourth-order valence-electron chi connectivity index (χ4n) is 3.06. The van der Waals surface area contributed by atoms with E-state index >= 15 is 0 Å². The Morgan fingerprint density at radius 2 is 1.61 bits per heavy atom. The minimum Gasteiger partial charge on any atom is -0.491 e. The number of nitrogens with zero attached hydrogens (tertiary/aromatic N) is 2. The van der Waals surface area contributed by atoms with Gasteiger partial charge >= 0.3 is 11.9 Å². The first-order valence-corrected chi connectivity index (χ1v) is 10.2. The molecule has 1 aliphatic heterocycles. The van der Waals surface area contributed by atoms with Crippen molar-refractivity contribution in [3.05, 3.63) is 29.3 Å². The smallest absolute Gasteiger partial charge is 0.414 e. The van der Waals surface area contributed by atoms with Crippen LogP contribution < -0.4 is 4.74 Å². The average Bonchev–Trinajstić information content (AvgIpc) is 2.67. The summed E-state index contributed by atoms with van der Waals surface area (Å²) in [5.74, 6) is -2.70. The largest absolute Gasteiger partial charge is 0.491 e. The highest BCUT2D eigenvalue weighted by molar-refractivity contribution is 6.27. The van der Waals surface area contributed by atoms with E-state index in [1.165, 1.54) is 5.56 Å². The van der Waals surface area contributed by atoms with Gasteiger partial charge in [-0.2, -0.15) is 0 Å². The minimum atomic E-state index is -1.82. The van der Waals surface area contributed by atoms with Gasteiger partial charge in [0.05, 0.1) is 0 Å². The monoisotopic (exact) mass is 438 g/mol. The number of β-amino-alcohol motifs (C(OH)–C–C–N with tert-alkyl or cyclic N) is 1. The Bertz CT molecular complexity index is 754. The van der Waals surface area contributed by atoms with Crippen LogP contribution in [-0.4, -0.2) is 88.4 Å². The molecule has 1 heterocycles. The quantitative estimate of drug-likeness (QED) is 0.588. The van der Waals surface area contributed by atoms with E-state index in [9.17, 15) is 9.90 Å². The van der Waals surface area contributed by atoms with Gasteiger partial charge in [-0.05, 0) is 29.5 Å². The van der Waals surface area contributed by atoms with Crippen molar-refractivity contribution in [1.29, 1.82) is 0 Å². The van der Waals surface area contributed by atoms with Gasteiger partial charge in [-0.15, -0.1) is 0 Å². The Balaban J connectivity index is 0.000000703. The molecular formula is C22H34N2O7. The lowest BCUT2D eigenvalue weighted by Crippen LogP contribution is -2.50. The van der Waals surface area contributed by atoms with E-state index < -0.39 is 18.0 Å². The van der Waals surface area contributed by atoms with Gasteiger partial charge in [0, 0.05) is 39.6 Å². The molecule has 1 aromatic carbocycles.